The summed E-state index contributed by atoms with van der Waals surface area (Å²) in [6.45, 7) is 2.33. The van der Waals surface area contributed by atoms with Crippen molar-refractivity contribution in [3.8, 4) is 17.2 Å². The first-order chi connectivity index (χ1) is 11.6. The minimum absolute atomic E-state index is 0.0629. The van der Waals surface area contributed by atoms with E-state index in [0.717, 1.165) is 0 Å². The van der Waals surface area contributed by atoms with Gasteiger partial charge in [-0.05, 0) is 31.2 Å². The molecule has 0 radical (unpaired) electrons. The third kappa shape index (κ3) is 3.17. The van der Waals surface area contributed by atoms with E-state index in [9.17, 15) is 9.59 Å². The van der Waals surface area contributed by atoms with Gasteiger partial charge in [0.15, 0.2) is 17.3 Å². The highest BCUT2D eigenvalue weighted by Gasteiger charge is 2.21. The lowest BCUT2D eigenvalue weighted by atomic mass is 10.1. The Morgan fingerprint density at radius 2 is 1.88 bits per heavy atom. The topological polar surface area (TPSA) is 73.9 Å². The first-order valence-electron chi connectivity index (χ1n) is 7.48. The molecule has 6 heteroatoms. The van der Waals surface area contributed by atoms with E-state index in [-0.39, 0.29) is 11.7 Å². The van der Waals surface area contributed by atoms with Gasteiger partial charge in [0.05, 0.1) is 7.11 Å². The number of anilines is 1. The molecular weight excluding hydrogens is 310 g/mol. The number of nitrogens with one attached hydrogen (secondary N) is 1. The number of Topliss-reactive ketones (excluding diaryl/α,β-unsaturated/α-hetero) is 1. The molecule has 1 heterocycles. The molecule has 1 aliphatic heterocycles. The predicted octanol–water partition coefficient (Wildman–Crippen LogP) is 2.92. The zero-order valence-electron chi connectivity index (χ0n) is 13.4. The number of amides is 1. The average molecular weight is 327 g/mol. The van der Waals surface area contributed by atoms with Crippen molar-refractivity contribution >= 4 is 17.4 Å². The zero-order chi connectivity index (χ0) is 17.1. The lowest BCUT2D eigenvalue weighted by Crippen LogP contribution is -2.18. The summed E-state index contributed by atoms with van der Waals surface area (Å²) < 4.78 is 16.3. The Kier molecular flexibility index (Phi) is 4.37. The summed E-state index contributed by atoms with van der Waals surface area (Å²) in [5, 5.41) is 2.77. The molecule has 2 aromatic rings. The van der Waals surface area contributed by atoms with E-state index >= 15 is 0 Å². The van der Waals surface area contributed by atoms with Gasteiger partial charge >= 0.3 is 0 Å². The molecule has 0 saturated heterocycles. The van der Waals surface area contributed by atoms with Crippen LogP contribution in [-0.4, -0.2) is 32.0 Å². The molecule has 124 valence electrons. The van der Waals surface area contributed by atoms with E-state index < -0.39 is 0 Å². The summed E-state index contributed by atoms with van der Waals surface area (Å²) >= 11 is 0. The van der Waals surface area contributed by atoms with Crippen LogP contribution in [0.15, 0.2) is 36.4 Å². The van der Waals surface area contributed by atoms with Gasteiger partial charge in [0.1, 0.15) is 13.2 Å². The Morgan fingerprint density at radius 1 is 1.08 bits per heavy atom. The van der Waals surface area contributed by atoms with E-state index in [1.165, 1.54) is 14.0 Å². The van der Waals surface area contributed by atoms with E-state index in [2.05, 4.69) is 5.32 Å². The summed E-state index contributed by atoms with van der Waals surface area (Å²) in [6, 6.07) is 9.98. The number of methoxy groups -OCH3 is 1. The second-order valence-corrected chi connectivity index (χ2v) is 5.29. The van der Waals surface area contributed by atoms with Gasteiger partial charge in [-0.2, -0.15) is 0 Å². The Labute approximate surface area is 139 Å². The fourth-order valence-electron chi connectivity index (χ4n) is 2.42. The van der Waals surface area contributed by atoms with Crippen molar-refractivity contribution in [2.24, 2.45) is 0 Å². The Bertz CT molecular complexity index is 783. The normalized spacial score (nSPS) is 12.4. The molecule has 2 aromatic carbocycles. The van der Waals surface area contributed by atoms with Gasteiger partial charge in [-0.3, -0.25) is 9.59 Å². The van der Waals surface area contributed by atoms with Crippen LogP contribution in [0.25, 0.3) is 0 Å². The number of hydrogen-bond donors (Lipinski definition) is 1. The molecule has 0 saturated carbocycles. The van der Waals surface area contributed by atoms with Crippen LogP contribution in [0.2, 0.25) is 0 Å². The fourth-order valence-corrected chi connectivity index (χ4v) is 2.42. The van der Waals surface area contributed by atoms with Crippen LogP contribution in [-0.2, 0) is 0 Å². The third-order valence-corrected chi connectivity index (χ3v) is 3.62. The molecule has 24 heavy (non-hydrogen) atoms. The molecule has 1 aliphatic rings. The van der Waals surface area contributed by atoms with Crippen molar-refractivity contribution in [2.75, 3.05) is 25.6 Å². The van der Waals surface area contributed by atoms with E-state index in [4.69, 9.17) is 14.2 Å². The standard InChI is InChI=1S/C18H17NO5/c1-11(20)12-4-3-5-14(8-12)19-18(21)13-9-15(22-2)17-16(10-13)23-6-7-24-17/h3-5,8-10H,6-7H2,1-2H3,(H,19,21). The highest BCUT2D eigenvalue weighted by molar-refractivity contribution is 6.05. The lowest BCUT2D eigenvalue weighted by Gasteiger charge is -2.21. The number of carbonyl (C=O) groups excluding carboxylic acids is 2. The van der Waals surface area contributed by atoms with Gasteiger partial charge in [0.25, 0.3) is 5.91 Å². The number of carbonyl (C=O) groups is 2. The number of hydrogen-bond acceptors (Lipinski definition) is 5. The maximum atomic E-state index is 12.5. The summed E-state index contributed by atoms with van der Waals surface area (Å²) in [4.78, 5) is 23.9. The number of benzene rings is 2. The fraction of sp³-hybridized carbons (Fsp3) is 0.222. The smallest absolute Gasteiger partial charge is 0.255 e. The highest BCUT2D eigenvalue weighted by atomic mass is 16.6. The van der Waals surface area contributed by atoms with Gasteiger partial charge in [-0.1, -0.05) is 12.1 Å². The van der Waals surface area contributed by atoms with Crippen molar-refractivity contribution < 1.29 is 23.8 Å². The van der Waals surface area contributed by atoms with Gasteiger partial charge in [0.2, 0.25) is 5.75 Å². The maximum absolute atomic E-state index is 12.5. The largest absolute Gasteiger partial charge is 0.493 e. The molecule has 0 spiro atoms. The molecule has 6 nitrogen and oxygen atoms in total. The molecule has 0 atom stereocenters. The minimum atomic E-state index is -0.328. The molecule has 0 bridgehead atoms. The Hall–Kier alpha value is -3.02. The number of rotatable bonds is 4. The maximum Gasteiger partial charge on any atom is 0.255 e. The SMILES string of the molecule is COc1cc(C(=O)Nc2cccc(C(C)=O)c2)cc2c1OCCO2. The van der Waals surface area contributed by atoms with Gasteiger partial charge in [0, 0.05) is 16.8 Å². The Morgan fingerprint density at radius 3 is 2.62 bits per heavy atom. The second-order valence-electron chi connectivity index (χ2n) is 5.29. The highest BCUT2D eigenvalue weighted by Crippen LogP contribution is 2.40. The molecule has 0 aromatic heterocycles. The monoisotopic (exact) mass is 327 g/mol. The molecule has 1 N–H and O–H groups in total. The second kappa shape index (κ2) is 6.62. The van der Waals surface area contributed by atoms with E-state index in [1.807, 2.05) is 0 Å². The lowest BCUT2D eigenvalue weighted by molar-refractivity contribution is 0.101. The van der Waals surface area contributed by atoms with Crippen LogP contribution < -0.4 is 19.5 Å². The first kappa shape index (κ1) is 15.9. The summed E-state index contributed by atoms with van der Waals surface area (Å²) in [7, 11) is 1.51. The molecule has 0 fully saturated rings. The van der Waals surface area contributed by atoms with Crippen molar-refractivity contribution in [1.29, 1.82) is 0 Å². The van der Waals surface area contributed by atoms with Crippen molar-refractivity contribution in [3.63, 3.8) is 0 Å². The summed E-state index contributed by atoms with van der Waals surface area (Å²) in [5.41, 5.74) is 1.46. The third-order valence-electron chi connectivity index (χ3n) is 3.62. The van der Waals surface area contributed by atoms with Crippen molar-refractivity contribution in [3.05, 3.63) is 47.5 Å². The molecule has 0 aliphatic carbocycles. The van der Waals surface area contributed by atoms with Crippen LogP contribution in [0, 0.1) is 0 Å². The Balaban J connectivity index is 1.87. The van der Waals surface area contributed by atoms with Crippen LogP contribution in [0.3, 0.4) is 0 Å². The zero-order valence-corrected chi connectivity index (χ0v) is 13.4. The summed E-state index contributed by atoms with van der Waals surface area (Å²) in [6.07, 6.45) is 0. The van der Waals surface area contributed by atoms with Crippen LogP contribution in [0.1, 0.15) is 27.6 Å². The average Bonchev–Trinajstić information content (AvgIpc) is 2.60. The van der Waals surface area contributed by atoms with Crippen LogP contribution in [0.4, 0.5) is 5.69 Å². The van der Waals surface area contributed by atoms with Crippen LogP contribution in [0.5, 0.6) is 17.2 Å². The molecule has 3 rings (SSSR count). The molecule has 0 unspecified atom stereocenters. The van der Waals surface area contributed by atoms with E-state index in [0.29, 0.717) is 47.3 Å². The van der Waals surface area contributed by atoms with E-state index in [1.54, 1.807) is 36.4 Å². The number of fused-ring (bicyclic) bond motifs is 1. The van der Waals surface area contributed by atoms with Crippen LogP contribution >= 0.6 is 0 Å². The quantitative estimate of drug-likeness (QED) is 0.874. The van der Waals surface area contributed by atoms with Crippen molar-refractivity contribution in [2.45, 2.75) is 6.92 Å². The molecular formula is C18H17NO5. The summed E-state index contributed by atoms with van der Waals surface area (Å²) in [5.74, 6) is 1.02. The predicted molar refractivity (Wildman–Crippen MR) is 88.4 cm³/mol. The van der Waals surface area contributed by atoms with Gasteiger partial charge in [-0.15, -0.1) is 0 Å². The van der Waals surface area contributed by atoms with Gasteiger partial charge < -0.3 is 19.5 Å². The first-order valence-corrected chi connectivity index (χ1v) is 7.48. The molecule has 1 amide bonds. The minimum Gasteiger partial charge on any atom is -0.493 e. The van der Waals surface area contributed by atoms with Crippen molar-refractivity contribution in [1.82, 2.24) is 0 Å². The van der Waals surface area contributed by atoms with Gasteiger partial charge in [-0.25, -0.2) is 0 Å². The number of ether oxygens (including phenoxy) is 3. The number of ketones is 1.